The summed E-state index contributed by atoms with van der Waals surface area (Å²) in [6.07, 6.45) is 4.66. The molecule has 1 N–H and O–H groups in total. The number of hydrogen-bond acceptors (Lipinski definition) is 6. The lowest BCUT2D eigenvalue weighted by atomic mass is 10.0. The zero-order valence-corrected chi connectivity index (χ0v) is 17.5. The Morgan fingerprint density at radius 2 is 2.32 bits per heavy atom. The number of hydrogen-bond donors (Lipinski definition) is 1. The first-order valence-corrected chi connectivity index (χ1v) is 11.3. The van der Waals surface area contributed by atoms with Gasteiger partial charge < -0.3 is 10.1 Å². The molecule has 5 nitrogen and oxygen atoms in total. The SMILES string of the molecule is CSc1nccc(-c2cc(Cl)c3c(c2)CC(CNC(=O)Cc2cccs2)O3)n1. The van der Waals surface area contributed by atoms with E-state index in [0.717, 1.165) is 26.9 Å². The van der Waals surface area contributed by atoms with Gasteiger partial charge in [0, 0.05) is 28.6 Å². The first-order valence-electron chi connectivity index (χ1n) is 8.78. The Kier molecular flexibility index (Phi) is 5.85. The summed E-state index contributed by atoms with van der Waals surface area (Å²) >= 11 is 9.54. The highest BCUT2D eigenvalue weighted by Gasteiger charge is 2.26. The number of rotatable bonds is 6. The molecule has 0 radical (unpaired) electrons. The summed E-state index contributed by atoms with van der Waals surface area (Å²) in [5, 5.41) is 6.20. The van der Waals surface area contributed by atoms with Crippen LogP contribution in [0.4, 0.5) is 0 Å². The van der Waals surface area contributed by atoms with Crippen LogP contribution < -0.4 is 10.1 Å². The summed E-state index contributed by atoms with van der Waals surface area (Å²) in [7, 11) is 0. The van der Waals surface area contributed by atoms with Crippen molar-refractivity contribution in [1.82, 2.24) is 15.3 Å². The fourth-order valence-electron chi connectivity index (χ4n) is 3.11. The van der Waals surface area contributed by atoms with E-state index in [2.05, 4.69) is 21.4 Å². The standard InChI is InChI=1S/C20H18ClN3O2S2/c1-27-20-22-5-4-17(24-20)12-7-13-8-14(26-19(13)16(21)9-12)11-23-18(25)10-15-3-2-6-28-15/h2-7,9,14H,8,10-11H2,1H3,(H,23,25). The van der Waals surface area contributed by atoms with Gasteiger partial charge in [-0.2, -0.15) is 0 Å². The fraction of sp³-hybridized carbons (Fsp3) is 0.250. The highest BCUT2D eigenvalue weighted by atomic mass is 35.5. The molecule has 1 atom stereocenters. The number of benzene rings is 1. The van der Waals surface area contributed by atoms with Gasteiger partial charge in [0.05, 0.1) is 23.7 Å². The number of thioether (sulfide) groups is 1. The highest BCUT2D eigenvalue weighted by Crippen LogP contribution is 2.39. The summed E-state index contributed by atoms with van der Waals surface area (Å²) in [5.74, 6) is 0.696. The van der Waals surface area contributed by atoms with Gasteiger partial charge in [0.2, 0.25) is 5.91 Å². The second kappa shape index (κ2) is 8.51. The van der Waals surface area contributed by atoms with Crippen molar-refractivity contribution in [3.8, 4) is 17.0 Å². The van der Waals surface area contributed by atoms with Gasteiger partial charge >= 0.3 is 0 Å². The second-order valence-corrected chi connectivity index (χ2v) is 8.59. The van der Waals surface area contributed by atoms with E-state index in [0.29, 0.717) is 30.2 Å². The monoisotopic (exact) mass is 431 g/mol. The van der Waals surface area contributed by atoms with Crippen molar-refractivity contribution < 1.29 is 9.53 Å². The number of thiophene rings is 1. The molecule has 0 saturated carbocycles. The maximum Gasteiger partial charge on any atom is 0.225 e. The molecule has 3 heterocycles. The van der Waals surface area contributed by atoms with Crippen LogP contribution in [0.2, 0.25) is 5.02 Å². The third-order valence-corrected chi connectivity index (χ3v) is 6.13. The molecule has 0 bridgehead atoms. The molecule has 1 aromatic carbocycles. The average molecular weight is 432 g/mol. The van der Waals surface area contributed by atoms with Crippen molar-refractivity contribution in [3.05, 3.63) is 57.4 Å². The Bertz CT molecular complexity index is 995. The van der Waals surface area contributed by atoms with Gasteiger partial charge in [0.1, 0.15) is 11.9 Å². The van der Waals surface area contributed by atoms with Gasteiger partial charge in [0.15, 0.2) is 5.16 Å². The Morgan fingerprint density at radius 1 is 1.43 bits per heavy atom. The number of carbonyl (C=O) groups is 1. The summed E-state index contributed by atoms with van der Waals surface area (Å²) in [5.41, 5.74) is 2.80. The summed E-state index contributed by atoms with van der Waals surface area (Å²) in [6, 6.07) is 9.70. The van der Waals surface area contributed by atoms with E-state index in [1.54, 1.807) is 17.5 Å². The highest BCUT2D eigenvalue weighted by molar-refractivity contribution is 7.98. The van der Waals surface area contributed by atoms with E-state index >= 15 is 0 Å². The van der Waals surface area contributed by atoms with E-state index in [1.165, 1.54) is 11.8 Å². The van der Waals surface area contributed by atoms with Crippen LogP contribution in [-0.4, -0.2) is 34.8 Å². The minimum atomic E-state index is -0.123. The second-order valence-electron chi connectivity index (χ2n) is 6.38. The number of ether oxygens (including phenoxy) is 1. The molecule has 4 rings (SSSR count). The van der Waals surface area contributed by atoms with Gasteiger partial charge in [-0.25, -0.2) is 9.97 Å². The Morgan fingerprint density at radius 3 is 3.11 bits per heavy atom. The average Bonchev–Trinajstić information content (AvgIpc) is 3.36. The van der Waals surface area contributed by atoms with Crippen molar-refractivity contribution in [2.45, 2.75) is 24.1 Å². The minimum Gasteiger partial charge on any atom is -0.486 e. The van der Waals surface area contributed by atoms with Crippen molar-refractivity contribution in [2.24, 2.45) is 0 Å². The van der Waals surface area contributed by atoms with Crippen molar-refractivity contribution in [1.29, 1.82) is 0 Å². The van der Waals surface area contributed by atoms with Crippen molar-refractivity contribution in [3.63, 3.8) is 0 Å². The molecule has 0 aliphatic carbocycles. The summed E-state index contributed by atoms with van der Waals surface area (Å²) in [4.78, 5) is 21.9. The molecule has 144 valence electrons. The molecule has 3 aromatic rings. The third-order valence-electron chi connectivity index (χ3n) is 4.41. The molecule has 1 aliphatic rings. The topological polar surface area (TPSA) is 64.1 Å². The zero-order chi connectivity index (χ0) is 19.5. The molecule has 0 saturated heterocycles. The van der Waals surface area contributed by atoms with Crippen LogP contribution in [0.3, 0.4) is 0 Å². The molecule has 0 spiro atoms. The van der Waals surface area contributed by atoms with Crippen LogP contribution in [0, 0.1) is 0 Å². The van der Waals surface area contributed by atoms with Crippen LogP contribution in [0.5, 0.6) is 5.75 Å². The molecule has 0 fully saturated rings. The van der Waals surface area contributed by atoms with Crippen molar-refractivity contribution >= 4 is 40.6 Å². The molecule has 1 aliphatic heterocycles. The number of carbonyl (C=O) groups excluding carboxylic acids is 1. The number of aromatic nitrogens is 2. The normalized spacial score (nSPS) is 15.1. The maximum atomic E-state index is 12.1. The molecule has 8 heteroatoms. The first kappa shape index (κ1) is 19.2. The summed E-state index contributed by atoms with van der Waals surface area (Å²) in [6.45, 7) is 0.453. The fourth-order valence-corrected chi connectivity index (χ4v) is 4.45. The van der Waals surface area contributed by atoms with E-state index in [9.17, 15) is 4.79 Å². The number of nitrogens with one attached hydrogen (secondary N) is 1. The predicted octanol–water partition coefficient (Wildman–Crippen LogP) is 4.24. The predicted molar refractivity (Wildman–Crippen MR) is 113 cm³/mol. The van der Waals surface area contributed by atoms with Crippen LogP contribution in [0.1, 0.15) is 10.4 Å². The first-order chi connectivity index (χ1) is 13.6. The number of fused-ring (bicyclic) bond motifs is 1. The quantitative estimate of drug-likeness (QED) is 0.467. The van der Waals surface area contributed by atoms with Crippen molar-refractivity contribution in [2.75, 3.05) is 12.8 Å². The lowest BCUT2D eigenvalue weighted by molar-refractivity contribution is -0.120. The van der Waals surface area contributed by atoms with Crippen LogP contribution in [0.25, 0.3) is 11.3 Å². The minimum absolute atomic E-state index is 0.000581. The molecule has 2 aromatic heterocycles. The molecule has 28 heavy (non-hydrogen) atoms. The molecule has 1 unspecified atom stereocenters. The van der Waals surface area contributed by atoms with E-state index in [4.69, 9.17) is 16.3 Å². The number of halogens is 1. The molecule has 1 amide bonds. The van der Waals surface area contributed by atoms with E-state index in [-0.39, 0.29) is 12.0 Å². The smallest absolute Gasteiger partial charge is 0.225 e. The van der Waals surface area contributed by atoms with E-state index in [1.807, 2.05) is 35.9 Å². The van der Waals surface area contributed by atoms with Gasteiger partial charge in [-0.1, -0.05) is 29.4 Å². The molecular formula is C20H18ClN3O2S2. The van der Waals surface area contributed by atoms with Gasteiger partial charge in [-0.3, -0.25) is 4.79 Å². The Balaban J connectivity index is 1.43. The lowest BCUT2D eigenvalue weighted by Crippen LogP contribution is -2.35. The zero-order valence-electron chi connectivity index (χ0n) is 15.1. The largest absolute Gasteiger partial charge is 0.486 e. The Labute approximate surface area is 176 Å². The number of amides is 1. The Hall–Kier alpha value is -2.09. The van der Waals surface area contributed by atoms with Gasteiger partial charge in [-0.15, -0.1) is 11.3 Å². The van der Waals surface area contributed by atoms with E-state index < -0.39 is 0 Å². The van der Waals surface area contributed by atoms with Crippen LogP contribution in [0.15, 0.2) is 47.1 Å². The summed E-state index contributed by atoms with van der Waals surface area (Å²) < 4.78 is 5.98. The van der Waals surface area contributed by atoms with Crippen LogP contribution in [-0.2, 0) is 17.6 Å². The third kappa shape index (κ3) is 4.32. The maximum absolute atomic E-state index is 12.1. The molecular weight excluding hydrogens is 414 g/mol. The van der Waals surface area contributed by atoms with Crippen LogP contribution >= 0.6 is 34.7 Å². The number of nitrogens with zero attached hydrogens (tertiary/aromatic N) is 2. The lowest BCUT2D eigenvalue weighted by Gasteiger charge is -2.12. The van der Waals surface area contributed by atoms with Gasteiger partial charge in [0.25, 0.3) is 0 Å². The van der Waals surface area contributed by atoms with Gasteiger partial charge in [-0.05, 0) is 35.9 Å².